The third-order valence-electron chi connectivity index (χ3n) is 10.1. The number of benzene rings is 2. The summed E-state index contributed by atoms with van der Waals surface area (Å²) in [6.45, 7) is 16.6. The minimum absolute atomic E-state index is 0.659. The van der Waals surface area contributed by atoms with Gasteiger partial charge in [-0.15, -0.1) is 0 Å². The Morgan fingerprint density at radius 2 is 0.680 bits per heavy atom. The molecule has 0 spiro atoms. The minimum atomic E-state index is 0.659. The quantitative estimate of drug-likeness (QED) is 0.0530. The van der Waals surface area contributed by atoms with Gasteiger partial charge in [0.1, 0.15) is 0 Å². The highest BCUT2D eigenvalue weighted by atomic mass is 16.5. The molecule has 0 aliphatic carbocycles. The topological polar surface area (TPSA) is 24.9 Å². The second kappa shape index (κ2) is 32.0. The Morgan fingerprint density at radius 3 is 1.00 bits per heavy atom. The van der Waals surface area contributed by atoms with Crippen molar-refractivity contribution in [1.82, 2.24) is 9.80 Å². The highest BCUT2D eigenvalue weighted by Gasteiger charge is 2.09. The van der Waals surface area contributed by atoms with E-state index in [0.29, 0.717) is 13.2 Å². The summed E-state index contributed by atoms with van der Waals surface area (Å²) in [7, 11) is 0. The van der Waals surface area contributed by atoms with Gasteiger partial charge in [-0.2, -0.15) is 0 Å². The summed E-state index contributed by atoms with van der Waals surface area (Å²) in [4.78, 5) is 5.11. The number of unbranched alkanes of at least 4 members (excludes halogenated alkanes) is 18. The van der Waals surface area contributed by atoms with Crippen LogP contribution in [0.3, 0.4) is 0 Å². The van der Waals surface area contributed by atoms with E-state index in [0.717, 1.165) is 39.6 Å². The Balaban J connectivity index is 1.86. The number of rotatable bonds is 35. The lowest BCUT2D eigenvalue weighted by Gasteiger charge is -2.22. The molecule has 286 valence electrons. The van der Waals surface area contributed by atoms with E-state index in [-0.39, 0.29) is 0 Å². The molecule has 0 bridgehead atoms. The third kappa shape index (κ3) is 23.0. The van der Waals surface area contributed by atoms with Crippen LogP contribution in [0.5, 0.6) is 0 Å². The number of nitrogens with zero attached hydrogens (tertiary/aromatic N) is 2. The van der Waals surface area contributed by atoms with Gasteiger partial charge in [-0.25, -0.2) is 0 Å². The van der Waals surface area contributed by atoms with Gasteiger partial charge in [0.25, 0.3) is 0 Å². The fourth-order valence-electron chi connectivity index (χ4n) is 6.86. The third-order valence-corrected chi connectivity index (χ3v) is 10.1. The molecular weight excluding hydrogens is 613 g/mol. The summed E-state index contributed by atoms with van der Waals surface area (Å²) in [5, 5.41) is 0. The molecule has 0 radical (unpaired) electrons. The van der Waals surface area contributed by atoms with Gasteiger partial charge in [-0.05, 0) is 60.1 Å². The van der Waals surface area contributed by atoms with Gasteiger partial charge in [0.15, 0.2) is 0 Å². The molecule has 0 aliphatic rings. The molecule has 4 heteroatoms. The highest BCUT2D eigenvalue weighted by molar-refractivity contribution is 5.64. The lowest BCUT2D eigenvalue weighted by Crippen LogP contribution is -2.28. The molecule has 0 aliphatic heterocycles. The van der Waals surface area contributed by atoms with E-state index in [2.05, 4.69) is 86.0 Å². The number of hydrogen-bond donors (Lipinski definition) is 0. The Labute approximate surface area is 311 Å². The lowest BCUT2D eigenvalue weighted by molar-refractivity contribution is 0.0168. The van der Waals surface area contributed by atoms with E-state index in [1.54, 1.807) is 0 Å². The summed E-state index contributed by atoms with van der Waals surface area (Å²) >= 11 is 0. The van der Waals surface area contributed by atoms with Crippen molar-refractivity contribution in [2.24, 2.45) is 0 Å². The van der Waals surface area contributed by atoms with E-state index in [1.807, 2.05) is 0 Å². The maximum absolute atomic E-state index is 6.35. The SMILES string of the molecule is CCCCCCCCN(CCCCCCC)COCc1cccc(-c2cccc(COCN(CCCCCCC)CCCCCCCC)c2)c1. The van der Waals surface area contributed by atoms with Crippen molar-refractivity contribution < 1.29 is 9.47 Å². The first kappa shape index (κ1) is 44.4. The summed E-state index contributed by atoms with van der Waals surface area (Å²) in [6, 6.07) is 17.9. The normalized spacial score (nSPS) is 11.7. The zero-order valence-corrected chi connectivity index (χ0v) is 33.5. The van der Waals surface area contributed by atoms with Crippen LogP contribution in [-0.4, -0.2) is 49.4 Å². The van der Waals surface area contributed by atoms with Crippen LogP contribution >= 0.6 is 0 Å². The summed E-state index contributed by atoms with van der Waals surface area (Å²) in [6.07, 6.45) is 29.4. The van der Waals surface area contributed by atoms with Crippen molar-refractivity contribution in [3.63, 3.8) is 0 Å². The summed E-state index contributed by atoms with van der Waals surface area (Å²) in [5.74, 6) is 0. The number of hydrogen-bond acceptors (Lipinski definition) is 4. The van der Waals surface area contributed by atoms with Crippen LogP contribution in [0.25, 0.3) is 11.1 Å². The average molecular weight is 693 g/mol. The van der Waals surface area contributed by atoms with Gasteiger partial charge < -0.3 is 9.47 Å². The van der Waals surface area contributed by atoms with Crippen molar-refractivity contribution in [2.75, 3.05) is 39.6 Å². The summed E-state index contributed by atoms with van der Waals surface area (Å²) < 4.78 is 12.7. The monoisotopic (exact) mass is 693 g/mol. The van der Waals surface area contributed by atoms with Crippen LogP contribution in [0, 0.1) is 0 Å². The smallest absolute Gasteiger partial charge is 0.0994 e. The Hall–Kier alpha value is -1.72. The average Bonchev–Trinajstić information content (AvgIpc) is 3.14. The molecule has 50 heavy (non-hydrogen) atoms. The predicted molar refractivity (Wildman–Crippen MR) is 219 cm³/mol. The van der Waals surface area contributed by atoms with E-state index in [4.69, 9.17) is 9.47 Å². The van der Waals surface area contributed by atoms with Crippen molar-refractivity contribution in [3.05, 3.63) is 59.7 Å². The molecular formula is C46H80N2O2. The first-order chi connectivity index (χ1) is 24.7. The van der Waals surface area contributed by atoms with Gasteiger partial charge in [0.2, 0.25) is 0 Å². The zero-order valence-electron chi connectivity index (χ0n) is 33.5. The molecule has 0 heterocycles. The van der Waals surface area contributed by atoms with Crippen LogP contribution < -0.4 is 0 Å². The first-order valence-corrected chi connectivity index (χ1v) is 21.5. The molecule has 0 saturated carbocycles. The van der Waals surface area contributed by atoms with Crippen LogP contribution in [0.2, 0.25) is 0 Å². The highest BCUT2D eigenvalue weighted by Crippen LogP contribution is 2.23. The largest absolute Gasteiger partial charge is 0.361 e. The van der Waals surface area contributed by atoms with Crippen LogP contribution in [0.15, 0.2) is 48.5 Å². The zero-order chi connectivity index (χ0) is 35.7. The van der Waals surface area contributed by atoms with Crippen molar-refractivity contribution in [2.45, 2.75) is 182 Å². The molecule has 0 aromatic heterocycles. The standard InChI is InChI=1S/C46H80N2O2/c1-5-9-13-17-21-25-35-47(33-23-19-15-11-7-3)41-49-39-43-29-27-31-45(37-43)46-32-28-30-44(38-46)40-50-42-48(34-24-20-16-12-8-4)36-26-22-18-14-10-6-2/h27-32,37-38H,5-26,33-36,39-42H2,1-4H3. The van der Waals surface area contributed by atoms with Crippen molar-refractivity contribution >= 4 is 0 Å². The van der Waals surface area contributed by atoms with Gasteiger partial charge in [0.05, 0.1) is 26.7 Å². The molecule has 0 atom stereocenters. The first-order valence-electron chi connectivity index (χ1n) is 21.5. The molecule has 0 saturated heterocycles. The number of ether oxygens (including phenoxy) is 2. The van der Waals surface area contributed by atoms with Gasteiger partial charge in [-0.1, -0.05) is 180 Å². The van der Waals surface area contributed by atoms with E-state index in [1.165, 1.54) is 164 Å². The molecule has 0 N–H and O–H groups in total. The molecule has 0 fully saturated rings. The van der Waals surface area contributed by atoms with Gasteiger partial charge in [0, 0.05) is 26.2 Å². The Kier molecular flexibility index (Phi) is 28.4. The Bertz CT molecular complexity index is 945. The van der Waals surface area contributed by atoms with Gasteiger partial charge >= 0.3 is 0 Å². The molecule has 0 unspecified atom stereocenters. The van der Waals surface area contributed by atoms with Crippen LogP contribution in [0.4, 0.5) is 0 Å². The predicted octanol–water partition coefficient (Wildman–Crippen LogP) is 13.6. The summed E-state index contributed by atoms with van der Waals surface area (Å²) in [5.41, 5.74) is 5.00. The van der Waals surface area contributed by atoms with Gasteiger partial charge in [-0.3, -0.25) is 9.80 Å². The maximum atomic E-state index is 6.35. The fraction of sp³-hybridized carbons (Fsp3) is 0.739. The maximum Gasteiger partial charge on any atom is 0.0994 e. The second-order valence-electron chi connectivity index (χ2n) is 15.0. The lowest BCUT2D eigenvalue weighted by atomic mass is 10.0. The minimum Gasteiger partial charge on any atom is -0.361 e. The van der Waals surface area contributed by atoms with Crippen molar-refractivity contribution in [1.29, 1.82) is 0 Å². The molecule has 2 aromatic carbocycles. The fourth-order valence-corrected chi connectivity index (χ4v) is 6.86. The van der Waals surface area contributed by atoms with E-state index in [9.17, 15) is 0 Å². The second-order valence-corrected chi connectivity index (χ2v) is 15.0. The molecule has 2 aromatic rings. The van der Waals surface area contributed by atoms with E-state index >= 15 is 0 Å². The van der Waals surface area contributed by atoms with Crippen LogP contribution in [0.1, 0.15) is 180 Å². The van der Waals surface area contributed by atoms with Crippen molar-refractivity contribution in [3.8, 4) is 11.1 Å². The molecule has 0 amide bonds. The molecule has 4 nitrogen and oxygen atoms in total. The molecule has 2 rings (SSSR count). The Morgan fingerprint density at radius 1 is 0.380 bits per heavy atom. The van der Waals surface area contributed by atoms with Crippen LogP contribution in [-0.2, 0) is 22.7 Å². The van der Waals surface area contributed by atoms with E-state index < -0.39 is 0 Å².